The van der Waals surface area contributed by atoms with Gasteiger partial charge in [0.1, 0.15) is 23.2 Å². The van der Waals surface area contributed by atoms with Gasteiger partial charge in [-0.25, -0.2) is 14.2 Å². The van der Waals surface area contributed by atoms with E-state index in [0.29, 0.717) is 35.7 Å². The summed E-state index contributed by atoms with van der Waals surface area (Å²) in [5.41, 5.74) is 2.45. The Morgan fingerprint density at radius 2 is 1.75 bits per heavy atom. The van der Waals surface area contributed by atoms with Crippen LogP contribution in [0.2, 0.25) is 0 Å². The molecule has 0 spiro atoms. The van der Waals surface area contributed by atoms with Gasteiger partial charge >= 0.3 is 5.69 Å². The standard InChI is InChI=1S/C42H49FN8O5/c1-42(2,43)37-7-5-6-30(44-37)39(53)45-32-20-28-24-50(47-31(28)22-36(32)56-4)29-11-8-25(9-12-29)23-49-18-16-26(17-19-49)27-10-13-33-35(21-27)48(3)41(55)51(33)34-14-15-38(52)46-40(34)54/h5-7,10,13,20-22,24-26,29,34H,8-9,11-12,14-19,23H2,1-4H3,(H,45,53)(H,46,52,54). The number of benzene rings is 2. The van der Waals surface area contributed by atoms with E-state index in [1.807, 2.05) is 24.4 Å². The third kappa shape index (κ3) is 7.34. The second kappa shape index (κ2) is 14.9. The third-order valence-electron chi connectivity index (χ3n) is 12.1. The zero-order chi connectivity index (χ0) is 39.3. The predicted molar refractivity (Wildman–Crippen MR) is 211 cm³/mol. The van der Waals surface area contributed by atoms with E-state index in [1.54, 1.807) is 41.5 Å². The average molecular weight is 765 g/mol. The Morgan fingerprint density at radius 3 is 2.46 bits per heavy atom. The van der Waals surface area contributed by atoms with Crippen LogP contribution in [0.25, 0.3) is 21.9 Å². The number of alkyl halides is 1. The van der Waals surface area contributed by atoms with Crippen molar-refractivity contribution in [2.45, 2.75) is 88.9 Å². The number of aromatic nitrogens is 5. The van der Waals surface area contributed by atoms with Crippen molar-refractivity contribution >= 4 is 45.3 Å². The van der Waals surface area contributed by atoms with Gasteiger partial charge < -0.3 is 15.0 Å². The molecule has 2 saturated heterocycles. The van der Waals surface area contributed by atoms with E-state index in [-0.39, 0.29) is 29.4 Å². The van der Waals surface area contributed by atoms with Gasteiger partial charge in [-0.3, -0.25) is 33.5 Å². The molecule has 3 amide bonds. The van der Waals surface area contributed by atoms with Crippen molar-refractivity contribution in [1.82, 2.24) is 34.1 Å². The molecule has 1 aliphatic carbocycles. The van der Waals surface area contributed by atoms with Crippen LogP contribution in [0.15, 0.2) is 59.5 Å². The molecular weight excluding hydrogens is 716 g/mol. The summed E-state index contributed by atoms with van der Waals surface area (Å²) in [4.78, 5) is 57.5. The monoisotopic (exact) mass is 764 g/mol. The molecule has 14 heteroatoms. The van der Waals surface area contributed by atoms with Crippen LogP contribution in [0.1, 0.15) is 105 Å². The molecule has 56 heavy (non-hydrogen) atoms. The van der Waals surface area contributed by atoms with E-state index in [4.69, 9.17) is 9.84 Å². The van der Waals surface area contributed by atoms with Gasteiger partial charge in [-0.05, 0) is 120 Å². The van der Waals surface area contributed by atoms with Crippen LogP contribution in [0.3, 0.4) is 0 Å². The Bertz CT molecular complexity index is 2380. The molecule has 1 unspecified atom stereocenters. The molecule has 5 aromatic rings. The number of aryl methyl sites for hydroxylation is 1. The van der Waals surface area contributed by atoms with Gasteiger partial charge in [0.05, 0.1) is 41.1 Å². The second-order valence-electron chi connectivity index (χ2n) is 16.2. The molecule has 8 rings (SSSR count). The summed E-state index contributed by atoms with van der Waals surface area (Å²) < 4.78 is 25.3. The molecule has 0 bridgehead atoms. The van der Waals surface area contributed by atoms with Crippen LogP contribution >= 0.6 is 0 Å². The van der Waals surface area contributed by atoms with E-state index in [0.717, 1.165) is 80.1 Å². The van der Waals surface area contributed by atoms with Gasteiger partial charge in [-0.2, -0.15) is 5.10 Å². The number of piperidine rings is 2. The first-order valence-corrected chi connectivity index (χ1v) is 19.7. The Kier molecular flexibility index (Phi) is 10.0. The Hall–Kier alpha value is -5.37. The fraction of sp³-hybridized carbons (Fsp3) is 0.476. The summed E-state index contributed by atoms with van der Waals surface area (Å²) in [5, 5.41) is 11.1. The maximum atomic E-state index is 14.5. The smallest absolute Gasteiger partial charge is 0.329 e. The summed E-state index contributed by atoms with van der Waals surface area (Å²) in [6, 6.07) is 14.2. The Morgan fingerprint density at radius 1 is 0.982 bits per heavy atom. The molecular formula is C42H49FN8O5. The van der Waals surface area contributed by atoms with E-state index in [1.165, 1.54) is 19.4 Å². The molecule has 2 aliphatic heterocycles. The van der Waals surface area contributed by atoms with Gasteiger partial charge in [0.2, 0.25) is 11.8 Å². The maximum absolute atomic E-state index is 14.5. The minimum absolute atomic E-state index is 0.125. The van der Waals surface area contributed by atoms with Crippen molar-refractivity contribution in [3.8, 4) is 5.75 Å². The molecule has 5 heterocycles. The number of halogens is 1. The molecule has 0 radical (unpaired) electrons. The van der Waals surface area contributed by atoms with Crippen molar-refractivity contribution in [3.05, 3.63) is 82.2 Å². The van der Waals surface area contributed by atoms with Gasteiger partial charge in [0.15, 0.2) is 0 Å². The highest BCUT2D eigenvalue weighted by Crippen LogP contribution is 2.37. The lowest BCUT2D eigenvalue weighted by molar-refractivity contribution is -0.135. The molecule has 1 atom stereocenters. The van der Waals surface area contributed by atoms with Crippen LogP contribution in [0, 0.1) is 5.92 Å². The van der Waals surface area contributed by atoms with Gasteiger partial charge in [-0.1, -0.05) is 12.1 Å². The quantitative estimate of drug-likeness (QED) is 0.171. The number of hydrogen-bond donors (Lipinski definition) is 2. The Labute approximate surface area is 324 Å². The van der Waals surface area contributed by atoms with Crippen molar-refractivity contribution in [3.63, 3.8) is 0 Å². The zero-order valence-corrected chi connectivity index (χ0v) is 32.4. The van der Waals surface area contributed by atoms with Crippen molar-refractivity contribution < 1.29 is 23.5 Å². The highest BCUT2D eigenvalue weighted by molar-refractivity contribution is 6.05. The van der Waals surface area contributed by atoms with Crippen LogP contribution in [0.5, 0.6) is 5.75 Å². The first-order chi connectivity index (χ1) is 26.9. The number of ether oxygens (including phenoxy) is 1. The predicted octanol–water partition coefficient (Wildman–Crippen LogP) is 6.14. The highest BCUT2D eigenvalue weighted by atomic mass is 19.1. The SMILES string of the molecule is COc1cc2nn(C3CCC(CN4CCC(c5ccc6c(c5)n(C)c(=O)n6C5CCC(=O)NC5=O)CC4)CC3)cc2cc1NC(=O)c1cccc(C(C)(C)F)n1. The van der Waals surface area contributed by atoms with Crippen molar-refractivity contribution in [2.24, 2.45) is 13.0 Å². The normalized spacial score (nSPS) is 21.4. The second-order valence-corrected chi connectivity index (χ2v) is 16.2. The summed E-state index contributed by atoms with van der Waals surface area (Å²) >= 11 is 0. The number of imide groups is 1. The number of rotatable bonds is 9. The number of hydrogen-bond acceptors (Lipinski definition) is 8. The number of methoxy groups -OCH3 is 1. The largest absolute Gasteiger partial charge is 0.494 e. The number of imidazole rings is 1. The van der Waals surface area contributed by atoms with E-state index < -0.39 is 23.5 Å². The molecule has 3 fully saturated rings. The van der Waals surface area contributed by atoms with E-state index in [2.05, 4.69) is 37.3 Å². The fourth-order valence-electron chi connectivity index (χ4n) is 8.87. The molecule has 2 N–H and O–H groups in total. The van der Waals surface area contributed by atoms with E-state index >= 15 is 0 Å². The lowest BCUT2D eigenvalue weighted by Gasteiger charge is -2.36. The van der Waals surface area contributed by atoms with Crippen LogP contribution in [-0.4, -0.2) is 73.3 Å². The zero-order valence-electron chi connectivity index (χ0n) is 32.4. The minimum Gasteiger partial charge on any atom is -0.494 e. The number of carbonyl (C=O) groups is 3. The topological polar surface area (TPSA) is 145 Å². The first-order valence-electron chi connectivity index (χ1n) is 19.7. The summed E-state index contributed by atoms with van der Waals surface area (Å²) in [7, 11) is 3.30. The lowest BCUT2D eigenvalue weighted by atomic mass is 9.84. The fourth-order valence-corrected chi connectivity index (χ4v) is 8.87. The van der Waals surface area contributed by atoms with Gasteiger partial charge in [0.25, 0.3) is 5.91 Å². The van der Waals surface area contributed by atoms with Crippen LogP contribution in [0.4, 0.5) is 10.1 Å². The highest BCUT2D eigenvalue weighted by Gasteiger charge is 2.32. The lowest BCUT2D eigenvalue weighted by Crippen LogP contribution is -2.44. The summed E-state index contributed by atoms with van der Waals surface area (Å²) in [6.45, 7) is 5.96. The number of fused-ring (bicyclic) bond motifs is 2. The number of carbonyl (C=O) groups excluding carboxylic acids is 3. The minimum atomic E-state index is -1.67. The maximum Gasteiger partial charge on any atom is 0.329 e. The molecule has 294 valence electrons. The molecule has 13 nitrogen and oxygen atoms in total. The average Bonchev–Trinajstić information content (AvgIpc) is 3.71. The molecule has 3 aliphatic rings. The number of amides is 3. The van der Waals surface area contributed by atoms with Crippen molar-refractivity contribution in [2.75, 3.05) is 32.1 Å². The van der Waals surface area contributed by atoms with Gasteiger partial charge in [-0.15, -0.1) is 0 Å². The summed E-state index contributed by atoms with van der Waals surface area (Å²) in [5.74, 6) is 0.354. The Balaban J connectivity index is 0.859. The number of likely N-dealkylation sites (tertiary alicyclic amines) is 1. The number of pyridine rings is 1. The number of nitrogens with zero attached hydrogens (tertiary/aromatic N) is 6. The first kappa shape index (κ1) is 37.5. The van der Waals surface area contributed by atoms with E-state index in [9.17, 15) is 23.6 Å². The third-order valence-corrected chi connectivity index (χ3v) is 12.1. The molecule has 2 aromatic carbocycles. The number of anilines is 1. The van der Waals surface area contributed by atoms with Gasteiger partial charge in [0, 0.05) is 37.7 Å². The summed E-state index contributed by atoms with van der Waals surface area (Å²) in [6.07, 6.45) is 9.02. The number of nitrogens with one attached hydrogen (secondary N) is 2. The van der Waals surface area contributed by atoms with Crippen molar-refractivity contribution in [1.29, 1.82) is 0 Å². The molecule has 3 aromatic heterocycles. The van der Waals surface area contributed by atoms with Crippen LogP contribution < -0.4 is 21.1 Å². The van der Waals surface area contributed by atoms with Crippen LogP contribution in [-0.2, 0) is 22.3 Å². The molecule has 1 saturated carbocycles.